The number of hydrogen-bond acceptors (Lipinski definition) is 4. The summed E-state index contributed by atoms with van der Waals surface area (Å²) in [6, 6.07) is 63.9. The van der Waals surface area contributed by atoms with Crippen molar-refractivity contribution in [3.05, 3.63) is 182 Å². The molecule has 0 saturated heterocycles. The van der Waals surface area contributed by atoms with Gasteiger partial charge in [0.05, 0.1) is 22.3 Å². The average Bonchev–Trinajstić information content (AvgIpc) is 3.81. The van der Waals surface area contributed by atoms with E-state index in [2.05, 4.69) is 168 Å². The van der Waals surface area contributed by atoms with Crippen LogP contribution in [0.5, 0.6) is 0 Å². The van der Waals surface area contributed by atoms with E-state index < -0.39 is 0 Å². The van der Waals surface area contributed by atoms with E-state index in [1.54, 1.807) is 0 Å². The predicted octanol–water partition coefficient (Wildman–Crippen LogP) is 13.3. The Morgan fingerprint density at radius 2 is 1.00 bits per heavy atom. The molecule has 3 heterocycles. The Kier molecular flexibility index (Phi) is 6.56. The van der Waals surface area contributed by atoms with Crippen molar-refractivity contribution in [3.63, 3.8) is 0 Å². The molecule has 0 N–H and O–H groups in total. The van der Waals surface area contributed by atoms with Crippen molar-refractivity contribution in [2.45, 2.75) is 0 Å². The molecule has 56 heavy (non-hydrogen) atoms. The Morgan fingerprint density at radius 1 is 0.375 bits per heavy atom. The van der Waals surface area contributed by atoms with Gasteiger partial charge in [-0.05, 0) is 74.8 Å². The zero-order valence-corrected chi connectivity index (χ0v) is 30.0. The Hall–Kier alpha value is -7.63. The fraction of sp³-hybridized carbons (Fsp3) is 0. The summed E-state index contributed by atoms with van der Waals surface area (Å²) < 4.78 is 9.37. The van der Waals surface area contributed by atoms with Crippen molar-refractivity contribution >= 4 is 76.1 Å². The summed E-state index contributed by atoms with van der Waals surface area (Å²) >= 11 is 0. The summed E-state index contributed by atoms with van der Waals surface area (Å²) in [5, 5.41) is 11.4. The molecule has 9 aromatic carbocycles. The molecular weight excluding hydrogens is 685 g/mol. The third kappa shape index (κ3) is 4.64. The second-order valence-electron chi connectivity index (χ2n) is 14.4. The Morgan fingerprint density at radius 3 is 1.82 bits per heavy atom. The van der Waals surface area contributed by atoms with Crippen LogP contribution in [-0.2, 0) is 0 Å². The molecule has 0 aliphatic carbocycles. The SMILES string of the molecule is c1ccc(-c2nc(-c3ccc4ccccc4c3)nc(-c3c(-n4c5ccccc5c5cc6ccccc6cc54)ccc4c3oc3ccc5ccccc5c34)n2)cc1. The fourth-order valence-corrected chi connectivity index (χ4v) is 8.58. The lowest BCUT2D eigenvalue weighted by molar-refractivity contribution is 0.669. The highest BCUT2D eigenvalue weighted by Crippen LogP contribution is 2.44. The van der Waals surface area contributed by atoms with Crippen LogP contribution < -0.4 is 0 Å². The lowest BCUT2D eigenvalue weighted by Crippen LogP contribution is -2.04. The smallest absolute Gasteiger partial charge is 0.170 e. The van der Waals surface area contributed by atoms with E-state index in [4.69, 9.17) is 19.4 Å². The van der Waals surface area contributed by atoms with E-state index >= 15 is 0 Å². The minimum Gasteiger partial charge on any atom is -0.455 e. The predicted molar refractivity (Wildman–Crippen MR) is 230 cm³/mol. The highest BCUT2D eigenvalue weighted by molar-refractivity contribution is 6.22. The van der Waals surface area contributed by atoms with Crippen LogP contribution in [0.4, 0.5) is 0 Å². The van der Waals surface area contributed by atoms with Gasteiger partial charge in [-0.15, -0.1) is 0 Å². The van der Waals surface area contributed by atoms with Gasteiger partial charge in [-0.3, -0.25) is 0 Å². The normalized spacial score (nSPS) is 11.9. The van der Waals surface area contributed by atoms with Crippen molar-refractivity contribution in [1.82, 2.24) is 19.5 Å². The Bertz CT molecular complexity index is 3540. The maximum atomic E-state index is 7.01. The summed E-state index contributed by atoms with van der Waals surface area (Å²) in [6.45, 7) is 0. The van der Waals surface area contributed by atoms with E-state index in [9.17, 15) is 0 Å². The quantitative estimate of drug-likeness (QED) is 0.182. The number of aromatic nitrogens is 4. The van der Waals surface area contributed by atoms with Gasteiger partial charge in [0.1, 0.15) is 11.2 Å². The molecule has 0 spiro atoms. The highest BCUT2D eigenvalue weighted by Gasteiger charge is 2.25. The number of hydrogen-bond donors (Lipinski definition) is 0. The van der Waals surface area contributed by atoms with Gasteiger partial charge in [0.25, 0.3) is 0 Å². The van der Waals surface area contributed by atoms with Crippen LogP contribution in [0.2, 0.25) is 0 Å². The van der Waals surface area contributed by atoms with Crippen molar-refractivity contribution in [1.29, 1.82) is 0 Å². The molecular formula is C51H30N4O. The van der Waals surface area contributed by atoms with Gasteiger partial charge in [-0.1, -0.05) is 140 Å². The van der Waals surface area contributed by atoms with Crippen molar-refractivity contribution in [3.8, 4) is 39.9 Å². The molecule has 5 nitrogen and oxygen atoms in total. The van der Waals surface area contributed by atoms with E-state index in [1.807, 2.05) is 18.2 Å². The number of benzene rings is 9. The third-order valence-corrected chi connectivity index (χ3v) is 11.2. The number of furan rings is 1. The molecule has 260 valence electrons. The van der Waals surface area contributed by atoms with E-state index in [-0.39, 0.29) is 0 Å². The summed E-state index contributed by atoms with van der Waals surface area (Å²) in [5.41, 5.74) is 7.29. The number of nitrogens with zero attached hydrogens (tertiary/aromatic N) is 4. The number of para-hydroxylation sites is 1. The first-order chi connectivity index (χ1) is 27.7. The number of fused-ring (bicyclic) bond motifs is 10. The first kappa shape index (κ1) is 30.8. The molecule has 5 heteroatoms. The topological polar surface area (TPSA) is 56.7 Å². The molecule has 0 atom stereocenters. The van der Waals surface area contributed by atoms with E-state index in [0.29, 0.717) is 17.5 Å². The Balaban J connectivity index is 1.24. The van der Waals surface area contributed by atoms with Gasteiger partial charge in [0, 0.05) is 32.7 Å². The van der Waals surface area contributed by atoms with E-state index in [0.717, 1.165) is 76.9 Å². The Labute approximate surface area is 320 Å². The minimum atomic E-state index is 0.540. The molecule has 0 saturated carbocycles. The van der Waals surface area contributed by atoms with Gasteiger partial charge in [-0.25, -0.2) is 15.0 Å². The lowest BCUT2D eigenvalue weighted by Gasteiger charge is -2.15. The second-order valence-corrected chi connectivity index (χ2v) is 14.4. The zero-order chi connectivity index (χ0) is 36.7. The van der Waals surface area contributed by atoms with Gasteiger partial charge in [0.2, 0.25) is 0 Å². The van der Waals surface area contributed by atoms with Crippen LogP contribution in [0.1, 0.15) is 0 Å². The van der Waals surface area contributed by atoms with Gasteiger partial charge in [0.15, 0.2) is 17.5 Å². The highest BCUT2D eigenvalue weighted by atomic mass is 16.3. The molecule has 0 fully saturated rings. The molecule has 12 rings (SSSR count). The van der Waals surface area contributed by atoms with Crippen LogP contribution in [0.3, 0.4) is 0 Å². The zero-order valence-electron chi connectivity index (χ0n) is 30.0. The van der Waals surface area contributed by atoms with E-state index in [1.165, 1.54) is 21.5 Å². The molecule has 0 amide bonds. The summed E-state index contributed by atoms with van der Waals surface area (Å²) in [4.78, 5) is 15.8. The maximum absolute atomic E-state index is 7.01. The van der Waals surface area contributed by atoms with Crippen molar-refractivity contribution in [2.75, 3.05) is 0 Å². The molecule has 0 unspecified atom stereocenters. The van der Waals surface area contributed by atoms with Crippen LogP contribution in [0.15, 0.2) is 186 Å². The van der Waals surface area contributed by atoms with Crippen LogP contribution in [0.25, 0.3) is 116 Å². The van der Waals surface area contributed by atoms with Gasteiger partial charge >= 0.3 is 0 Å². The maximum Gasteiger partial charge on any atom is 0.170 e. The first-order valence-corrected chi connectivity index (χ1v) is 18.9. The average molecular weight is 715 g/mol. The largest absolute Gasteiger partial charge is 0.455 e. The third-order valence-electron chi connectivity index (χ3n) is 11.2. The minimum absolute atomic E-state index is 0.540. The van der Waals surface area contributed by atoms with Crippen LogP contribution >= 0.6 is 0 Å². The van der Waals surface area contributed by atoms with Gasteiger partial charge in [-0.2, -0.15) is 0 Å². The van der Waals surface area contributed by atoms with Gasteiger partial charge < -0.3 is 8.98 Å². The first-order valence-electron chi connectivity index (χ1n) is 18.9. The molecule has 0 aliphatic heterocycles. The molecule has 0 radical (unpaired) electrons. The summed E-state index contributed by atoms with van der Waals surface area (Å²) in [7, 11) is 0. The standard InChI is InChI=1S/C51H30N4O/c1-2-14-33(15-3-1)49-52-50(37-23-22-31-12-4-5-16-34(31)28-37)54-51(53-49)47-43(26-25-40-46-38-19-9-8-13-32(38)24-27-45(46)56-48(40)47)55-42-21-11-10-20-39(42)41-29-35-17-6-7-18-36(35)30-44(41)55/h1-30H. The number of rotatable bonds is 4. The summed E-state index contributed by atoms with van der Waals surface area (Å²) in [6.07, 6.45) is 0. The van der Waals surface area contributed by atoms with Crippen LogP contribution in [0, 0.1) is 0 Å². The molecule has 12 aromatic rings. The lowest BCUT2D eigenvalue weighted by atomic mass is 10.0. The fourth-order valence-electron chi connectivity index (χ4n) is 8.58. The van der Waals surface area contributed by atoms with Crippen molar-refractivity contribution < 1.29 is 4.42 Å². The van der Waals surface area contributed by atoms with Crippen LogP contribution in [-0.4, -0.2) is 19.5 Å². The monoisotopic (exact) mass is 714 g/mol. The molecule has 0 bridgehead atoms. The van der Waals surface area contributed by atoms with Crippen molar-refractivity contribution in [2.24, 2.45) is 0 Å². The molecule has 0 aliphatic rings. The molecule has 3 aromatic heterocycles. The summed E-state index contributed by atoms with van der Waals surface area (Å²) in [5.74, 6) is 1.73. The second kappa shape index (κ2) is 11.9.